The minimum atomic E-state index is -4.39. The van der Waals surface area contributed by atoms with E-state index in [2.05, 4.69) is 15.6 Å². The van der Waals surface area contributed by atoms with Gasteiger partial charge in [0, 0.05) is 11.9 Å². The van der Waals surface area contributed by atoms with Gasteiger partial charge in [0.2, 0.25) is 0 Å². The van der Waals surface area contributed by atoms with E-state index in [1.165, 1.54) is 6.07 Å². The van der Waals surface area contributed by atoms with Crippen LogP contribution in [-0.4, -0.2) is 11.0 Å². The number of nitrogens with one attached hydrogen (secondary N) is 2. The fourth-order valence-electron chi connectivity index (χ4n) is 2.34. The summed E-state index contributed by atoms with van der Waals surface area (Å²) in [7, 11) is 0. The molecule has 1 aromatic heterocycles. The van der Waals surface area contributed by atoms with Gasteiger partial charge in [0.25, 0.3) is 0 Å². The molecule has 0 radical (unpaired) electrons. The number of benzene rings is 2. The van der Waals surface area contributed by atoms with Crippen molar-refractivity contribution in [3.8, 4) is 11.1 Å². The second kappa shape index (κ2) is 7.26. The van der Waals surface area contributed by atoms with Crippen molar-refractivity contribution in [1.82, 2.24) is 4.98 Å². The van der Waals surface area contributed by atoms with Crippen LogP contribution in [0.1, 0.15) is 5.56 Å². The first-order valence-electron chi connectivity index (χ1n) is 7.68. The minimum Gasteiger partial charge on any atom is -0.308 e. The number of pyridine rings is 1. The molecule has 0 fully saturated rings. The van der Waals surface area contributed by atoms with E-state index in [4.69, 9.17) is 0 Å². The lowest BCUT2D eigenvalue weighted by atomic mass is 10.0. The Kier molecular flexibility index (Phi) is 4.88. The first-order valence-corrected chi connectivity index (χ1v) is 7.68. The lowest BCUT2D eigenvalue weighted by molar-refractivity contribution is -0.137. The van der Waals surface area contributed by atoms with Crippen molar-refractivity contribution in [2.45, 2.75) is 6.18 Å². The quantitative estimate of drug-likeness (QED) is 0.658. The van der Waals surface area contributed by atoms with Gasteiger partial charge in [-0.1, -0.05) is 30.3 Å². The minimum absolute atomic E-state index is 0.408. The lowest BCUT2D eigenvalue weighted by Crippen LogP contribution is -2.19. The van der Waals surface area contributed by atoms with Crippen LogP contribution in [-0.2, 0) is 6.18 Å². The number of hydrogen-bond acceptors (Lipinski definition) is 2. The number of halogens is 3. The fraction of sp³-hybridized carbons (Fsp3) is 0.0526. The van der Waals surface area contributed by atoms with Crippen LogP contribution in [0, 0.1) is 0 Å². The van der Waals surface area contributed by atoms with Crippen LogP contribution in [0.3, 0.4) is 0 Å². The van der Waals surface area contributed by atoms with E-state index in [1.54, 1.807) is 54.7 Å². The molecule has 7 heteroatoms. The van der Waals surface area contributed by atoms with E-state index in [0.29, 0.717) is 22.6 Å². The van der Waals surface area contributed by atoms with E-state index < -0.39 is 17.8 Å². The largest absolute Gasteiger partial charge is 0.416 e. The monoisotopic (exact) mass is 357 g/mol. The highest BCUT2D eigenvalue weighted by Crippen LogP contribution is 2.32. The molecule has 0 bridgehead atoms. The summed E-state index contributed by atoms with van der Waals surface area (Å²) in [5, 5.41) is 5.21. The molecule has 2 N–H and O–H groups in total. The zero-order chi connectivity index (χ0) is 18.6. The van der Waals surface area contributed by atoms with Crippen molar-refractivity contribution in [2.75, 3.05) is 10.6 Å². The normalized spacial score (nSPS) is 11.0. The molecular weight excluding hydrogens is 343 g/mol. The van der Waals surface area contributed by atoms with Gasteiger partial charge in [-0.15, -0.1) is 0 Å². The maximum absolute atomic E-state index is 12.8. The Morgan fingerprint density at radius 2 is 1.62 bits per heavy atom. The van der Waals surface area contributed by atoms with Gasteiger partial charge in [-0.05, 0) is 47.5 Å². The molecule has 0 aliphatic carbocycles. The maximum Gasteiger partial charge on any atom is 0.416 e. The molecule has 2 amide bonds. The van der Waals surface area contributed by atoms with Crippen molar-refractivity contribution in [3.05, 3.63) is 78.5 Å². The SMILES string of the molecule is O=C(Nc1ccc(-c2cccc(C(F)(F)F)c2)cc1)Nc1ccccn1. The third kappa shape index (κ3) is 4.38. The first kappa shape index (κ1) is 17.5. The molecular formula is C19H14F3N3O. The summed E-state index contributed by atoms with van der Waals surface area (Å²) in [5.41, 5.74) is 0.872. The number of alkyl halides is 3. The van der Waals surface area contributed by atoms with Crippen molar-refractivity contribution in [2.24, 2.45) is 0 Å². The molecule has 0 unspecified atom stereocenters. The summed E-state index contributed by atoms with van der Waals surface area (Å²) in [4.78, 5) is 15.9. The van der Waals surface area contributed by atoms with Crippen LogP contribution in [0.4, 0.5) is 29.5 Å². The molecule has 132 valence electrons. The van der Waals surface area contributed by atoms with Crippen molar-refractivity contribution >= 4 is 17.5 Å². The summed E-state index contributed by atoms with van der Waals surface area (Å²) in [5.74, 6) is 0.408. The number of hydrogen-bond donors (Lipinski definition) is 2. The average molecular weight is 357 g/mol. The third-order valence-corrected chi connectivity index (χ3v) is 3.57. The molecule has 0 saturated heterocycles. The van der Waals surface area contributed by atoms with Gasteiger partial charge in [0.05, 0.1) is 5.56 Å². The van der Waals surface area contributed by atoms with E-state index in [9.17, 15) is 18.0 Å². The van der Waals surface area contributed by atoms with E-state index in [-0.39, 0.29) is 0 Å². The first-order chi connectivity index (χ1) is 12.4. The van der Waals surface area contributed by atoms with Crippen LogP contribution in [0.15, 0.2) is 72.9 Å². The number of amides is 2. The number of nitrogens with zero attached hydrogens (tertiary/aromatic N) is 1. The number of rotatable bonds is 3. The van der Waals surface area contributed by atoms with Gasteiger partial charge >= 0.3 is 12.2 Å². The van der Waals surface area contributed by atoms with Gasteiger partial charge in [-0.2, -0.15) is 13.2 Å². The predicted molar refractivity (Wildman–Crippen MR) is 93.8 cm³/mol. The molecule has 0 saturated carbocycles. The molecule has 0 spiro atoms. The predicted octanol–water partition coefficient (Wildman–Crippen LogP) is 5.41. The Labute approximate surface area is 147 Å². The second-order valence-corrected chi connectivity index (χ2v) is 5.45. The van der Waals surface area contributed by atoms with Crippen LogP contribution in [0.25, 0.3) is 11.1 Å². The highest BCUT2D eigenvalue weighted by atomic mass is 19.4. The second-order valence-electron chi connectivity index (χ2n) is 5.45. The van der Waals surface area contributed by atoms with Crippen molar-refractivity contribution in [1.29, 1.82) is 0 Å². The number of carbonyl (C=O) groups is 1. The number of aromatic nitrogens is 1. The maximum atomic E-state index is 12.8. The molecule has 26 heavy (non-hydrogen) atoms. The average Bonchev–Trinajstić information content (AvgIpc) is 2.62. The summed E-state index contributed by atoms with van der Waals surface area (Å²) in [6.45, 7) is 0. The van der Waals surface area contributed by atoms with Gasteiger partial charge < -0.3 is 5.32 Å². The third-order valence-electron chi connectivity index (χ3n) is 3.57. The Balaban J connectivity index is 1.70. The van der Waals surface area contributed by atoms with Crippen molar-refractivity contribution < 1.29 is 18.0 Å². The van der Waals surface area contributed by atoms with Gasteiger partial charge in [-0.3, -0.25) is 5.32 Å². The Morgan fingerprint density at radius 3 is 2.27 bits per heavy atom. The van der Waals surface area contributed by atoms with E-state index >= 15 is 0 Å². The topological polar surface area (TPSA) is 54.0 Å². The van der Waals surface area contributed by atoms with E-state index in [1.807, 2.05) is 0 Å². The lowest BCUT2D eigenvalue weighted by Gasteiger charge is -2.10. The smallest absolute Gasteiger partial charge is 0.308 e. The summed E-state index contributed by atoms with van der Waals surface area (Å²) in [6.07, 6.45) is -2.83. The molecule has 1 heterocycles. The standard InChI is InChI=1S/C19H14F3N3O/c20-19(21,22)15-5-3-4-14(12-15)13-7-9-16(10-8-13)24-18(26)25-17-6-1-2-11-23-17/h1-12H,(H2,23,24,25,26). The zero-order valence-corrected chi connectivity index (χ0v) is 13.4. The Morgan fingerprint density at radius 1 is 0.846 bits per heavy atom. The summed E-state index contributed by atoms with van der Waals surface area (Å²) >= 11 is 0. The van der Waals surface area contributed by atoms with Crippen molar-refractivity contribution in [3.63, 3.8) is 0 Å². The van der Waals surface area contributed by atoms with E-state index in [0.717, 1.165) is 12.1 Å². The number of carbonyl (C=O) groups excluding carboxylic acids is 1. The van der Waals surface area contributed by atoms with Crippen LogP contribution >= 0.6 is 0 Å². The van der Waals surface area contributed by atoms with Crippen LogP contribution in [0.2, 0.25) is 0 Å². The molecule has 3 rings (SSSR count). The highest BCUT2D eigenvalue weighted by Gasteiger charge is 2.30. The van der Waals surface area contributed by atoms with Crippen LogP contribution in [0.5, 0.6) is 0 Å². The molecule has 3 aromatic rings. The number of anilines is 2. The van der Waals surface area contributed by atoms with Gasteiger partial charge in [0.1, 0.15) is 5.82 Å². The highest BCUT2D eigenvalue weighted by molar-refractivity contribution is 5.99. The number of urea groups is 1. The van der Waals surface area contributed by atoms with Gasteiger partial charge in [-0.25, -0.2) is 9.78 Å². The molecule has 2 aromatic carbocycles. The van der Waals surface area contributed by atoms with Crippen LogP contribution < -0.4 is 10.6 Å². The molecule has 0 aliphatic heterocycles. The summed E-state index contributed by atoms with van der Waals surface area (Å²) in [6, 6.07) is 16.3. The van der Waals surface area contributed by atoms with Gasteiger partial charge in [0.15, 0.2) is 0 Å². The summed E-state index contributed by atoms with van der Waals surface area (Å²) < 4.78 is 38.4. The Hall–Kier alpha value is -3.35. The zero-order valence-electron chi connectivity index (χ0n) is 13.4. The molecule has 0 atom stereocenters. The molecule has 0 aliphatic rings. The molecule has 4 nitrogen and oxygen atoms in total. The Bertz CT molecular complexity index is 894. The fourth-order valence-corrected chi connectivity index (χ4v) is 2.34.